The summed E-state index contributed by atoms with van der Waals surface area (Å²) in [5, 5.41) is 0. The van der Waals surface area contributed by atoms with Crippen molar-refractivity contribution in [2.75, 3.05) is 32.7 Å². The lowest BCUT2D eigenvalue weighted by atomic mass is 10.2. The molecule has 2 aromatic heterocycles. The van der Waals surface area contributed by atoms with Crippen LogP contribution in [0.4, 0.5) is 0 Å². The Morgan fingerprint density at radius 2 is 1.89 bits per heavy atom. The molecule has 1 aromatic carbocycles. The van der Waals surface area contributed by atoms with Gasteiger partial charge in [0.25, 0.3) is 5.91 Å². The van der Waals surface area contributed by atoms with E-state index in [-0.39, 0.29) is 5.91 Å². The average Bonchev–Trinajstić information content (AvgIpc) is 3.09. The lowest BCUT2D eigenvalue weighted by Gasteiger charge is -2.34. The van der Waals surface area contributed by atoms with Gasteiger partial charge in [0.15, 0.2) is 5.65 Å². The number of carbonyl (C=O) groups is 1. The SMILES string of the molecule is Cn1cnc2cc(C(=O)N3CCN(CC=Cc4ccccc4)CC3)cnc21. The second-order valence-electron chi connectivity index (χ2n) is 6.83. The van der Waals surface area contributed by atoms with E-state index in [9.17, 15) is 4.79 Å². The van der Waals surface area contributed by atoms with Crippen molar-refractivity contribution in [3.63, 3.8) is 0 Å². The highest BCUT2D eigenvalue weighted by molar-refractivity contribution is 5.96. The number of nitrogens with zero attached hydrogens (tertiary/aromatic N) is 5. The smallest absolute Gasteiger partial charge is 0.255 e. The predicted octanol–water partition coefficient (Wildman–Crippen LogP) is 2.44. The Hall–Kier alpha value is -2.99. The summed E-state index contributed by atoms with van der Waals surface area (Å²) in [5.74, 6) is 0.0366. The van der Waals surface area contributed by atoms with Gasteiger partial charge < -0.3 is 9.47 Å². The Labute approximate surface area is 158 Å². The van der Waals surface area contributed by atoms with E-state index in [1.165, 1.54) is 5.56 Å². The average molecular weight is 361 g/mol. The maximum Gasteiger partial charge on any atom is 0.255 e. The molecule has 1 aliphatic heterocycles. The number of aryl methyl sites for hydroxylation is 1. The monoisotopic (exact) mass is 361 g/mol. The summed E-state index contributed by atoms with van der Waals surface area (Å²) in [6.07, 6.45) is 7.70. The molecule has 138 valence electrons. The Kier molecular flexibility index (Phi) is 4.98. The fourth-order valence-electron chi connectivity index (χ4n) is 3.35. The van der Waals surface area contributed by atoms with Crippen molar-refractivity contribution in [2.24, 2.45) is 7.05 Å². The Morgan fingerprint density at radius 1 is 1.11 bits per heavy atom. The zero-order valence-electron chi connectivity index (χ0n) is 15.5. The Bertz CT molecular complexity index is 955. The van der Waals surface area contributed by atoms with Crippen molar-refractivity contribution >= 4 is 23.1 Å². The molecule has 0 aliphatic carbocycles. The van der Waals surface area contributed by atoms with Gasteiger partial charge in [-0.15, -0.1) is 0 Å². The first-order valence-corrected chi connectivity index (χ1v) is 9.21. The summed E-state index contributed by atoms with van der Waals surface area (Å²) in [5.41, 5.74) is 3.37. The number of fused-ring (bicyclic) bond motifs is 1. The van der Waals surface area contributed by atoms with E-state index in [2.05, 4.69) is 39.2 Å². The van der Waals surface area contributed by atoms with Crippen LogP contribution in [0.1, 0.15) is 15.9 Å². The highest BCUT2D eigenvalue weighted by Crippen LogP contribution is 2.14. The third-order valence-corrected chi connectivity index (χ3v) is 4.93. The molecule has 0 N–H and O–H groups in total. The summed E-state index contributed by atoms with van der Waals surface area (Å²) in [7, 11) is 1.90. The maximum absolute atomic E-state index is 12.8. The first-order valence-electron chi connectivity index (χ1n) is 9.21. The highest BCUT2D eigenvalue weighted by atomic mass is 16.2. The van der Waals surface area contributed by atoms with Crippen LogP contribution >= 0.6 is 0 Å². The van der Waals surface area contributed by atoms with Gasteiger partial charge >= 0.3 is 0 Å². The van der Waals surface area contributed by atoms with Gasteiger partial charge in [-0.05, 0) is 11.6 Å². The number of pyridine rings is 1. The lowest BCUT2D eigenvalue weighted by Crippen LogP contribution is -2.48. The van der Waals surface area contributed by atoms with E-state index in [4.69, 9.17) is 0 Å². The molecule has 27 heavy (non-hydrogen) atoms. The van der Waals surface area contributed by atoms with Crippen LogP contribution in [-0.2, 0) is 7.05 Å². The van der Waals surface area contributed by atoms with Crippen molar-refractivity contribution in [1.29, 1.82) is 0 Å². The summed E-state index contributed by atoms with van der Waals surface area (Å²) in [4.78, 5) is 25.7. The Balaban J connectivity index is 1.32. The quantitative estimate of drug-likeness (QED) is 0.716. The second-order valence-corrected chi connectivity index (χ2v) is 6.83. The molecule has 3 heterocycles. The standard InChI is InChI=1S/C21H23N5O/c1-24-16-23-19-14-18(15-22-20(19)24)21(27)26-12-10-25(11-13-26)9-5-8-17-6-3-2-4-7-17/h2-8,14-16H,9-13H2,1H3. The van der Waals surface area contributed by atoms with Gasteiger partial charge in [-0.3, -0.25) is 9.69 Å². The van der Waals surface area contributed by atoms with Gasteiger partial charge in [0.2, 0.25) is 0 Å². The molecular formula is C21H23N5O. The highest BCUT2D eigenvalue weighted by Gasteiger charge is 2.22. The van der Waals surface area contributed by atoms with Crippen molar-refractivity contribution in [2.45, 2.75) is 0 Å². The summed E-state index contributed by atoms with van der Waals surface area (Å²) >= 11 is 0. The molecule has 1 fully saturated rings. The minimum Gasteiger partial charge on any atom is -0.336 e. The molecule has 1 saturated heterocycles. The lowest BCUT2D eigenvalue weighted by molar-refractivity contribution is 0.0650. The zero-order valence-corrected chi connectivity index (χ0v) is 15.5. The molecule has 3 aromatic rings. The molecule has 6 heteroatoms. The van der Waals surface area contributed by atoms with E-state index < -0.39 is 0 Å². The van der Waals surface area contributed by atoms with Crippen molar-refractivity contribution in [3.8, 4) is 0 Å². The van der Waals surface area contributed by atoms with Crippen molar-refractivity contribution < 1.29 is 4.79 Å². The van der Waals surface area contributed by atoms with Crippen LogP contribution in [0.15, 0.2) is 55.0 Å². The minimum absolute atomic E-state index is 0.0366. The molecule has 0 atom stereocenters. The largest absolute Gasteiger partial charge is 0.336 e. The third-order valence-electron chi connectivity index (χ3n) is 4.93. The molecule has 0 spiro atoms. The number of carbonyl (C=O) groups excluding carboxylic acids is 1. The van der Waals surface area contributed by atoms with Gasteiger partial charge in [-0.25, -0.2) is 9.97 Å². The van der Waals surface area contributed by atoms with Crippen molar-refractivity contribution in [3.05, 3.63) is 66.1 Å². The number of aromatic nitrogens is 3. The molecule has 0 bridgehead atoms. The number of benzene rings is 1. The molecule has 0 unspecified atom stereocenters. The molecule has 6 nitrogen and oxygen atoms in total. The fourth-order valence-corrected chi connectivity index (χ4v) is 3.35. The van der Waals surface area contributed by atoms with Crippen molar-refractivity contribution in [1.82, 2.24) is 24.3 Å². The molecule has 4 rings (SSSR count). The molecule has 0 radical (unpaired) electrons. The molecule has 0 saturated carbocycles. The van der Waals surface area contributed by atoms with E-state index in [1.54, 1.807) is 12.5 Å². The number of imidazole rings is 1. The number of rotatable bonds is 4. The number of hydrogen-bond acceptors (Lipinski definition) is 4. The second kappa shape index (κ2) is 7.72. The van der Waals surface area contributed by atoms with E-state index in [1.807, 2.05) is 40.8 Å². The number of amides is 1. The minimum atomic E-state index is 0.0366. The number of hydrogen-bond donors (Lipinski definition) is 0. The zero-order chi connectivity index (χ0) is 18.6. The van der Waals surface area contributed by atoms with Crippen LogP contribution in [0.25, 0.3) is 17.2 Å². The molecule has 1 aliphatic rings. The first-order chi connectivity index (χ1) is 13.2. The normalized spacial score (nSPS) is 15.7. The summed E-state index contributed by atoms with van der Waals surface area (Å²) in [6.45, 7) is 4.13. The van der Waals surface area contributed by atoms with Crippen LogP contribution in [0, 0.1) is 0 Å². The van der Waals surface area contributed by atoms with E-state index in [0.29, 0.717) is 5.56 Å². The van der Waals surface area contributed by atoms with Crippen LogP contribution in [-0.4, -0.2) is 63.0 Å². The van der Waals surface area contributed by atoms with Crippen LogP contribution in [0.3, 0.4) is 0 Å². The van der Waals surface area contributed by atoms with E-state index >= 15 is 0 Å². The topological polar surface area (TPSA) is 54.3 Å². The van der Waals surface area contributed by atoms with E-state index in [0.717, 1.165) is 43.9 Å². The molecular weight excluding hydrogens is 338 g/mol. The third kappa shape index (κ3) is 3.90. The van der Waals surface area contributed by atoms with Crippen LogP contribution in [0.5, 0.6) is 0 Å². The summed E-state index contributed by atoms with van der Waals surface area (Å²) in [6, 6.07) is 12.1. The van der Waals surface area contributed by atoms with Crippen LogP contribution < -0.4 is 0 Å². The van der Waals surface area contributed by atoms with Gasteiger partial charge in [-0.1, -0.05) is 42.5 Å². The van der Waals surface area contributed by atoms with Crippen LogP contribution in [0.2, 0.25) is 0 Å². The molecule has 1 amide bonds. The first kappa shape index (κ1) is 17.4. The predicted molar refractivity (Wildman–Crippen MR) is 106 cm³/mol. The fraction of sp³-hybridized carbons (Fsp3) is 0.286. The maximum atomic E-state index is 12.8. The van der Waals surface area contributed by atoms with Gasteiger partial charge in [0.05, 0.1) is 11.9 Å². The Morgan fingerprint density at radius 3 is 2.67 bits per heavy atom. The van der Waals surface area contributed by atoms with Gasteiger partial charge in [0.1, 0.15) is 5.52 Å². The number of piperazine rings is 1. The summed E-state index contributed by atoms with van der Waals surface area (Å²) < 4.78 is 1.85. The van der Waals surface area contributed by atoms with Gasteiger partial charge in [0, 0.05) is 46.0 Å². The van der Waals surface area contributed by atoms with Gasteiger partial charge in [-0.2, -0.15) is 0 Å².